The van der Waals surface area contributed by atoms with Gasteiger partial charge in [0, 0.05) is 18.3 Å². The van der Waals surface area contributed by atoms with Crippen molar-refractivity contribution in [3.05, 3.63) is 29.8 Å². The summed E-state index contributed by atoms with van der Waals surface area (Å²) < 4.78 is 32.0. The number of hydrogen-bond acceptors (Lipinski definition) is 4. The summed E-state index contributed by atoms with van der Waals surface area (Å²) in [7, 11) is -3.29. The largest absolute Gasteiger partial charge is 0.399 e. The first-order valence-electron chi connectivity index (χ1n) is 6.44. The van der Waals surface area contributed by atoms with Crippen LogP contribution in [0.25, 0.3) is 0 Å². The Morgan fingerprint density at radius 2 is 1.95 bits per heavy atom. The topological polar surface area (TPSA) is 81.4 Å². The van der Waals surface area contributed by atoms with Crippen molar-refractivity contribution in [2.24, 2.45) is 0 Å². The van der Waals surface area contributed by atoms with Crippen LogP contribution in [0.3, 0.4) is 0 Å². The van der Waals surface area contributed by atoms with E-state index >= 15 is 0 Å². The van der Waals surface area contributed by atoms with Gasteiger partial charge in [-0.1, -0.05) is 12.1 Å². The van der Waals surface area contributed by atoms with E-state index in [2.05, 4.69) is 4.72 Å². The lowest BCUT2D eigenvalue weighted by Crippen LogP contribution is -2.48. The van der Waals surface area contributed by atoms with E-state index in [1.165, 1.54) is 0 Å². The standard InChI is InChI=1S/C13H20N2O3S/c1-2-18-13-7-12(8-13)15-19(16,17)9-10-3-5-11(14)6-4-10/h3-6,12-13,15H,2,7-9,14H2,1H3. The van der Waals surface area contributed by atoms with Gasteiger partial charge in [0.15, 0.2) is 0 Å². The molecule has 1 saturated carbocycles. The molecule has 19 heavy (non-hydrogen) atoms. The van der Waals surface area contributed by atoms with Crippen LogP contribution in [-0.2, 0) is 20.5 Å². The zero-order valence-electron chi connectivity index (χ0n) is 11.0. The molecular formula is C13H20N2O3S. The lowest BCUT2D eigenvalue weighted by molar-refractivity contribution is -0.00476. The van der Waals surface area contributed by atoms with Crippen LogP contribution in [0.4, 0.5) is 5.69 Å². The maximum atomic E-state index is 12.0. The molecule has 0 spiro atoms. The van der Waals surface area contributed by atoms with E-state index < -0.39 is 10.0 Å². The second-order valence-corrected chi connectivity index (χ2v) is 6.62. The van der Waals surface area contributed by atoms with Crippen molar-refractivity contribution >= 4 is 15.7 Å². The van der Waals surface area contributed by atoms with Crippen LogP contribution in [0.15, 0.2) is 24.3 Å². The van der Waals surface area contributed by atoms with Gasteiger partial charge in [0.05, 0.1) is 11.9 Å². The number of nitrogens with two attached hydrogens (primary N) is 1. The van der Waals surface area contributed by atoms with Gasteiger partial charge >= 0.3 is 0 Å². The molecule has 1 aromatic rings. The molecule has 0 radical (unpaired) electrons. The number of rotatable bonds is 6. The van der Waals surface area contributed by atoms with E-state index in [4.69, 9.17) is 10.5 Å². The molecule has 0 bridgehead atoms. The van der Waals surface area contributed by atoms with Gasteiger partial charge < -0.3 is 10.5 Å². The molecule has 0 heterocycles. The zero-order chi connectivity index (χ0) is 13.9. The molecule has 5 nitrogen and oxygen atoms in total. The van der Waals surface area contributed by atoms with E-state index in [-0.39, 0.29) is 17.9 Å². The Bertz CT molecular complexity index is 507. The maximum absolute atomic E-state index is 12.0. The Morgan fingerprint density at radius 1 is 1.32 bits per heavy atom. The minimum absolute atomic E-state index is 0.00957. The zero-order valence-corrected chi connectivity index (χ0v) is 11.8. The molecule has 0 atom stereocenters. The second-order valence-electron chi connectivity index (χ2n) is 4.86. The molecule has 6 heteroatoms. The number of sulfonamides is 1. The summed E-state index contributed by atoms with van der Waals surface area (Å²) in [5.41, 5.74) is 6.94. The van der Waals surface area contributed by atoms with E-state index in [0.717, 1.165) is 18.4 Å². The molecular weight excluding hydrogens is 264 g/mol. The number of nitrogen functional groups attached to an aromatic ring is 1. The summed E-state index contributed by atoms with van der Waals surface area (Å²) in [6.07, 6.45) is 1.72. The minimum atomic E-state index is -3.29. The number of nitrogens with one attached hydrogen (secondary N) is 1. The van der Waals surface area contributed by atoms with Gasteiger partial charge in [-0.3, -0.25) is 0 Å². The van der Waals surface area contributed by atoms with Crippen LogP contribution in [-0.4, -0.2) is 27.2 Å². The average molecular weight is 284 g/mol. The van der Waals surface area contributed by atoms with Crippen LogP contribution >= 0.6 is 0 Å². The first-order valence-corrected chi connectivity index (χ1v) is 8.10. The fourth-order valence-corrected chi connectivity index (χ4v) is 3.58. The predicted octanol–water partition coefficient (Wildman–Crippen LogP) is 1.26. The Morgan fingerprint density at radius 3 is 2.53 bits per heavy atom. The quantitative estimate of drug-likeness (QED) is 0.770. The van der Waals surface area contributed by atoms with Gasteiger partial charge in [0.1, 0.15) is 0 Å². The molecule has 0 unspecified atom stereocenters. The molecule has 0 aromatic heterocycles. The van der Waals surface area contributed by atoms with Gasteiger partial charge in [-0.15, -0.1) is 0 Å². The van der Waals surface area contributed by atoms with E-state index in [9.17, 15) is 8.42 Å². The predicted molar refractivity (Wildman–Crippen MR) is 75.0 cm³/mol. The van der Waals surface area contributed by atoms with Crippen molar-refractivity contribution < 1.29 is 13.2 Å². The molecule has 3 N–H and O–H groups in total. The molecule has 2 rings (SSSR count). The van der Waals surface area contributed by atoms with Gasteiger partial charge in [-0.25, -0.2) is 13.1 Å². The van der Waals surface area contributed by atoms with Crippen LogP contribution in [0.1, 0.15) is 25.3 Å². The van der Waals surface area contributed by atoms with E-state index in [0.29, 0.717) is 12.3 Å². The number of benzene rings is 1. The summed E-state index contributed by atoms with van der Waals surface area (Å²) in [5.74, 6) is -0.0108. The average Bonchev–Trinajstić information content (AvgIpc) is 2.29. The third-order valence-electron chi connectivity index (χ3n) is 3.18. The fraction of sp³-hybridized carbons (Fsp3) is 0.538. The summed E-state index contributed by atoms with van der Waals surface area (Å²) in [6.45, 7) is 2.62. The van der Waals surface area contributed by atoms with Gasteiger partial charge in [0.25, 0.3) is 0 Å². The van der Waals surface area contributed by atoms with Crippen molar-refractivity contribution in [2.75, 3.05) is 12.3 Å². The van der Waals surface area contributed by atoms with Crippen LogP contribution in [0, 0.1) is 0 Å². The fourth-order valence-electron chi connectivity index (χ4n) is 2.16. The highest BCUT2D eigenvalue weighted by atomic mass is 32.2. The lowest BCUT2D eigenvalue weighted by atomic mass is 9.90. The Hall–Kier alpha value is -1.11. The first-order chi connectivity index (χ1) is 8.98. The Labute approximate surface area is 114 Å². The Kier molecular flexibility index (Phi) is 4.44. The van der Waals surface area contributed by atoms with Crippen LogP contribution < -0.4 is 10.5 Å². The molecule has 1 aliphatic rings. The maximum Gasteiger partial charge on any atom is 0.216 e. The number of hydrogen-bond donors (Lipinski definition) is 2. The SMILES string of the molecule is CCOC1CC(NS(=O)(=O)Cc2ccc(N)cc2)C1. The minimum Gasteiger partial charge on any atom is -0.399 e. The molecule has 1 fully saturated rings. The first kappa shape index (κ1) is 14.3. The highest BCUT2D eigenvalue weighted by Crippen LogP contribution is 2.24. The third-order valence-corrected chi connectivity index (χ3v) is 4.59. The normalized spacial score (nSPS) is 23.0. The van der Waals surface area contributed by atoms with E-state index in [1.807, 2.05) is 6.92 Å². The summed E-state index contributed by atoms with van der Waals surface area (Å²) in [4.78, 5) is 0. The van der Waals surface area contributed by atoms with Gasteiger partial charge in [0.2, 0.25) is 10.0 Å². The van der Waals surface area contributed by atoms with Crippen molar-refractivity contribution in [1.82, 2.24) is 4.72 Å². The highest BCUT2D eigenvalue weighted by molar-refractivity contribution is 7.88. The van der Waals surface area contributed by atoms with Gasteiger partial charge in [-0.05, 0) is 37.5 Å². The third kappa shape index (κ3) is 4.19. The van der Waals surface area contributed by atoms with Crippen LogP contribution in [0.2, 0.25) is 0 Å². The molecule has 1 aromatic carbocycles. The number of ether oxygens (including phenoxy) is 1. The Balaban J connectivity index is 1.84. The van der Waals surface area contributed by atoms with Crippen molar-refractivity contribution in [1.29, 1.82) is 0 Å². The summed E-state index contributed by atoms with van der Waals surface area (Å²) in [6, 6.07) is 6.89. The summed E-state index contributed by atoms with van der Waals surface area (Å²) in [5, 5.41) is 0. The lowest BCUT2D eigenvalue weighted by Gasteiger charge is -2.35. The number of anilines is 1. The monoisotopic (exact) mass is 284 g/mol. The second kappa shape index (κ2) is 5.90. The van der Waals surface area contributed by atoms with E-state index in [1.54, 1.807) is 24.3 Å². The van der Waals surface area contributed by atoms with Crippen molar-refractivity contribution in [2.45, 2.75) is 37.7 Å². The smallest absolute Gasteiger partial charge is 0.216 e. The van der Waals surface area contributed by atoms with Crippen molar-refractivity contribution in [3.8, 4) is 0 Å². The van der Waals surface area contributed by atoms with Crippen LogP contribution in [0.5, 0.6) is 0 Å². The molecule has 0 amide bonds. The van der Waals surface area contributed by atoms with Crippen molar-refractivity contribution in [3.63, 3.8) is 0 Å². The summed E-state index contributed by atoms with van der Waals surface area (Å²) >= 11 is 0. The molecule has 106 valence electrons. The highest BCUT2D eigenvalue weighted by Gasteiger charge is 2.32. The molecule has 1 aliphatic carbocycles. The van der Waals surface area contributed by atoms with Gasteiger partial charge in [-0.2, -0.15) is 0 Å². The molecule has 0 aliphatic heterocycles. The molecule has 0 saturated heterocycles.